The molecule has 2 aromatic carbocycles. The van der Waals surface area contributed by atoms with E-state index in [2.05, 4.69) is 5.32 Å². The summed E-state index contributed by atoms with van der Waals surface area (Å²) in [4.78, 5) is 23.3. The van der Waals surface area contributed by atoms with Crippen molar-refractivity contribution in [3.8, 4) is 11.1 Å². The topological polar surface area (TPSA) is 155 Å². The van der Waals surface area contributed by atoms with Crippen molar-refractivity contribution in [1.82, 2.24) is 5.32 Å². The van der Waals surface area contributed by atoms with Gasteiger partial charge in [-0.15, -0.1) is 0 Å². The Bertz CT molecular complexity index is 967. The van der Waals surface area contributed by atoms with Crippen LogP contribution in [0.15, 0.2) is 48.5 Å². The second-order valence-electron chi connectivity index (χ2n) is 7.86. The summed E-state index contributed by atoms with van der Waals surface area (Å²) in [5.41, 5.74) is 4.42. The number of carboxylic acid groups (broad SMARTS) is 1. The number of rotatable bonds is 7. The molecule has 0 saturated carbocycles. The largest absolute Gasteiger partial charge is 0.479 e. The smallest absolute Gasteiger partial charge is 0.407 e. The number of hydrogen-bond acceptors (Lipinski definition) is 8. The van der Waals surface area contributed by atoms with Crippen LogP contribution in [-0.2, 0) is 19.0 Å². The van der Waals surface area contributed by atoms with Crippen LogP contribution in [0.1, 0.15) is 17.0 Å². The minimum atomic E-state index is -1.80. The van der Waals surface area contributed by atoms with E-state index in [1.165, 1.54) is 0 Å². The minimum Gasteiger partial charge on any atom is -0.479 e. The SMILES string of the molecule is O=C(NCCO[C@@H]1O[C@H](C(=O)O)[C@@H](O)[C@H](O)[C@H]1O)OCC1c2ccccc2-c2ccccc21. The van der Waals surface area contributed by atoms with Crippen LogP contribution in [0.5, 0.6) is 0 Å². The molecule has 0 unspecified atom stereocenters. The lowest BCUT2D eigenvalue weighted by Gasteiger charge is -2.38. The van der Waals surface area contributed by atoms with E-state index in [0.29, 0.717) is 0 Å². The first-order valence-electron chi connectivity index (χ1n) is 10.5. The fourth-order valence-corrected chi connectivity index (χ4v) is 4.17. The number of nitrogens with one attached hydrogen (secondary N) is 1. The fraction of sp³-hybridized carbons (Fsp3) is 0.391. The number of hydrogen-bond donors (Lipinski definition) is 5. The third-order valence-electron chi connectivity index (χ3n) is 5.81. The van der Waals surface area contributed by atoms with Gasteiger partial charge in [-0.3, -0.25) is 0 Å². The van der Waals surface area contributed by atoms with Gasteiger partial charge in [0.2, 0.25) is 0 Å². The zero-order valence-electron chi connectivity index (χ0n) is 17.5. The number of amides is 1. The number of aliphatic hydroxyl groups is 3. The summed E-state index contributed by atoms with van der Waals surface area (Å²) in [6.07, 6.45) is -9.08. The summed E-state index contributed by atoms with van der Waals surface area (Å²) >= 11 is 0. The molecule has 1 heterocycles. The normalized spacial score (nSPS) is 26.3. The van der Waals surface area contributed by atoms with Gasteiger partial charge in [-0.05, 0) is 22.3 Å². The third kappa shape index (κ3) is 4.70. The molecule has 2 aliphatic rings. The molecule has 176 valence electrons. The molecular weight excluding hydrogens is 434 g/mol. The molecule has 1 aliphatic heterocycles. The second-order valence-corrected chi connectivity index (χ2v) is 7.86. The van der Waals surface area contributed by atoms with Gasteiger partial charge in [0, 0.05) is 12.5 Å². The maximum absolute atomic E-state index is 12.2. The van der Waals surface area contributed by atoms with Gasteiger partial charge in [-0.2, -0.15) is 0 Å². The van der Waals surface area contributed by atoms with Crippen molar-refractivity contribution in [2.75, 3.05) is 19.8 Å². The average Bonchev–Trinajstić information content (AvgIpc) is 3.13. The molecule has 0 radical (unpaired) electrons. The zero-order valence-corrected chi connectivity index (χ0v) is 17.5. The zero-order chi connectivity index (χ0) is 23.5. The summed E-state index contributed by atoms with van der Waals surface area (Å²) in [5.74, 6) is -1.58. The highest BCUT2D eigenvalue weighted by Crippen LogP contribution is 2.44. The van der Waals surface area contributed by atoms with E-state index in [1.807, 2.05) is 48.5 Å². The molecule has 0 aromatic heterocycles. The summed E-state index contributed by atoms with van der Waals surface area (Å²) < 4.78 is 15.6. The monoisotopic (exact) mass is 459 g/mol. The Labute approximate surface area is 189 Å². The van der Waals surface area contributed by atoms with E-state index >= 15 is 0 Å². The number of alkyl carbamates (subject to hydrolysis) is 1. The lowest BCUT2D eigenvalue weighted by molar-refractivity contribution is -0.293. The van der Waals surface area contributed by atoms with Crippen molar-refractivity contribution in [1.29, 1.82) is 0 Å². The van der Waals surface area contributed by atoms with Gasteiger partial charge in [0.05, 0.1) is 6.61 Å². The highest BCUT2D eigenvalue weighted by molar-refractivity contribution is 5.79. The second kappa shape index (κ2) is 9.86. The Balaban J connectivity index is 1.25. The van der Waals surface area contributed by atoms with Crippen LogP contribution in [0.25, 0.3) is 11.1 Å². The fourth-order valence-electron chi connectivity index (χ4n) is 4.17. The Morgan fingerprint density at radius 3 is 2.12 bits per heavy atom. The summed E-state index contributed by atoms with van der Waals surface area (Å²) in [7, 11) is 0. The van der Waals surface area contributed by atoms with Gasteiger partial charge in [0.25, 0.3) is 0 Å². The van der Waals surface area contributed by atoms with E-state index < -0.39 is 42.8 Å². The Morgan fingerprint density at radius 2 is 1.52 bits per heavy atom. The van der Waals surface area contributed by atoms with Gasteiger partial charge < -0.3 is 40.0 Å². The molecule has 1 fully saturated rings. The first-order valence-corrected chi connectivity index (χ1v) is 10.5. The van der Waals surface area contributed by atoms with E-state index in [0.717, 1.165) is 22.3 Å². The van der Waals surface area contributed by atoms with Crippen LogP contribution in [0.2, 0.25) is 0 Å². The van der Waals surface area contributed by atoms with E-state index in [9.17, 15) is 24.9 Å². The number of ether oxygens (including phenoxy) is 3. The van der Waals surface area contributed by atoms with Gasteiger partial charge in [0.15, 0.2) is 12.4 Å². The van der Waals surface area contributed by atoms with Crippen molar-refractivity contribution in [3.05, 3.63) is 59.7 Å². The predicted octanol–water partition coefficient (Wildman–Crippen LogP) is 0.434. The van der Waals surface area contributed by atoms with Gasteiger partial charge in [0.1, 0.15) is 24.9 Å². The minimum absolute atomic E-state index is 0.0142. The van der Waals surface area contributed by atoms with Crippen molar-refractivity contribution in [3.63, 3.8) is 0 Å². The molecule has 1 aliphatic carbocycles. The third-order valence-corrected chi connectivity index (χ3v) is 5.81. The molecular formula is C23H25NO9. The van der Waals surface area contributed by atoms with Crippen LogP contribution in [0.4, 0.5) is 4.79 Å². The lowest BCUT2D eigenvalue weighted by atomic mass is 9.98. The van der Waals surface area contributed by atoms with Gasteiger partial charge in [-0.25, -0.2) is 9.59 Å². The number of carbonyl (C=O) groups excluding carboxylic acids is 1. The van der Waals surface area contributed by atoms with E-state index in [-0.39, 0.29) is 25.7 Å². The van der Waals surface area contributed by atoms with Crippen molar-refractivity contribution in [2.24, 2.45) is 0 Å². The Hall–Kier alpha value is -3.02. The highest BCUT2D eigenvalue weighted by atomic mass is 16.7. The molecule has 0 spiro atoms. The van der Waals surface area contributed by atoms with Crippen LogP contribution in [-0.4, -0.2) is 83.0 Å². The van der Waals surface area contributed by atoms with Crippen molar-refractivity contribution >= 4 is 12.1 Å². The van der Waals surface area contributed by atoms with Crippen LogP contribution < -0.4 is 5.32 Å². The summed E-state index contributed by atoms with van der Waals surface area (Å²) in [5, 5.41) is 40.9. The van der Waals surface area contributed by atoms with Crippen molar-refractivity contribution in [2.45, 2.75) is 36.6 Å². The van der Waals surface area contributed by atoms with Crippen LogP contribution in [0, 0.1) is 0 Å². The molecule has 2 aromatic rings. The molecule has 5 N–H and O–H groups in total. The number of aliphatic carboxylic acids is 1. The quantitative estimate of drug-likeness (QED) is 0.371. The standard InChI is InChI=1S/C23H25NO9/c25-17-18(26)20(21(28)29)33-22(19(17)27)31-10-9-24-23(30)32-11-16-14-7-3-1-5-12(14)13-6-2-4-8-15(13)16/h1-8,16-20,22,25-27H,9-11H2,(H,24,30)(H,28,29)/t17-,18-,19+,20-,22+/m0/s1. The summed E-state index contributed by atoms with van der Waals surface area (Å²) in [6, 6.07) is 15.9. The van der Waals surface area contributed by atoms with Crippen LogP contribution in [0.3, 0.4) is 0 Å². The van der Waals surface area contributed by atoms with Gasteiger partial charge in [-0.1, -0.05) is 48.5 Å². The first kappa shape index (κ1) is 23.1. The van der Waals surface area contributed by atoms with Crippen LogP contribution >= 0.6 is 0 Å². The Morgan fingerprint density at radius 1 is 0.909 bits per heavy atom. The van der Waals surface area contributed by atoms with Crippen molar-refractivity contribution < 1.29 is 44.2 Å². The molecule has 1 amide bonds. The molecule has 10 heteroatoms. The Kier molecular flexibility index (Phi) is 6.91. The van der Waals surface area contributed by atoms with E-state index in [1.54, 1.807) is 0 Å². The lowest BCUT2D eigenvalue weighted by Crippen LogP contribution is -2.60. The number of carbonyl (C=O) groups is 2. The molecule has 1 saturated heterocycles. The molecule has 4 rings (SSSR count). The number of benzene rings is 2. The molecule has 10 nitrogen and oxygen atoms in total. The highest BCUT2D eigenvalue weighted by Gasteiger charge is 2.47. The molecule has 5 atom stereocenters. The molecule has 33 heavy (non-hydrogen) atoms. The summed E-state index contributed by atoms with van der Waals surface area (Å²) in [6.45, 7) is -0.0176. The number of aliphatic hydroxyl groups excluding tert-OH is 3. The number of carboxylic acids is 1. The number of fused-ring (bicyclic) bond motifs is 3. The molecule has 0 bridgehead atoms. The van der Waals surface area contributed by atoms with Gasteiger partial charge >= 0.3 is 12.1 Å². The first-order chi connectivity index (χ1) is 15.9. The van der Waals surface area contributed by atoms with E-state index in [4.69, 9.17) is 19.3 Å². The predicted molar refractivity (Wildman–Crippen MR) is 113 cm³/mol. The maximum Gasteiger partial charge on any atom is 0.407 e. The maximum atomic E-state index is 12.2. The average molecular weight is 459 g/mol.